The van der Waals surface area contributed by atoms with E-state index in [0.29, 0.717) is 0 Å². The summed E-state index contributed by atoms with van der Waals surface area (Å²) in [5, 5.41) is 3.25. The zero-order chi connectivity index (χ0) is 11.4. The Balaban J connectivity index is 2.33. The molecule has 3 nitrogen and oxygen atoms in total. The van der Waals surface area contributed by atoms with Crippen molar-refractivity contribution in [2.24, 2.45) is 0 Å². The van der Waals surface area contributed by atoms with Crippen LogP contribution >= 0.6 is 0 Å². The summed E-state index contributed by atoms with van der Waals surface area (Å²) >= 11 is 0. The third kappa shape index (κ3) is 2.25. The van der Waals surface area contributed by atoms with E-state index < -0.39 is 0 Å². The lowest BCUT2D eigenvalue weighted by molar-refractivity contribution is 0.666. The van der Waals surface area contributed by atoms with Crippen LogP contribution < -0.4 is 5.32 Å². The summed E-state index contributed by atoms with van der Waals surface area (Å²) in [4.78, 5) is 8.42. The van der Waals surface area contributed by atoms with Crippen molar-refractivity contribution in [2.45, 2.75) is 13.0 Å². The van der Waals surface area contributed by atoms with Crippen LogP contribution in [0.5, 0.6) is 0 Å². The van der Waals surface area contributed by atoms with Gasteiger partial charge in [-0.25, -0.2) is 0 Å². The molecule has 2 aromatic rings. The standard InChI is InChI=1S/C13H15N3/c1-10-3-5-11(6-4-10)13(14-2)12-9-15-7-8-16-12/h3-9,13-14H,1-2H3. The van der Waals surface area contributed by atoms with Gasteiger partial charge in [-0.1, -0.05) is 29.8 Å². The first-order valence-electron chi connectivity index (χ1n) is 5.31. The second-order valence-electron chi connectivity index (χ2n) is 3.76. The van der Waals surface area contributed by atoms with Gasteiger partial charge >= 0.3 is 0 Å². The van der Waals surface area contributed by atoms with E-state index in [1.807, 2.05) is 7.05 Å². The van der Waals surface area contributed by atoms with Gasteiger partial charge in [0.1, 0.15) is 0 Å². The Bertz CT molecular complexity index is 436. The fourth-order valence-electron chi connectivity index (χ4n) is 1.70. The molecule has 0 radical (unpaired) electrons. The first-order chi connectivity index (χ1) is 7.81. The molecular weight excluding hydrogens is 198 g/mol. The van der Waals surface area contributed by atoms with Gasteiger partial charge in [-0.3, -0.25) is 9.97 Å². The van der Waals surface area contributed by atoms with Crippen LogP contribution in [0.3, 0.4) is 0 Å². The third-order valence-corrected chi connectivity index (χ3v) is 2.58. The maximum Gasteiger partial charge on any atom is 0.0801 e. The zero-order valence-corrected chi connectivity index (χ0v) is 9.51. The minimum Gasteiger partial charge on any atom is -0.308 e. The molecule has 1 aromatic heterocycles. The van der Waals surface area contributed by atoms with Gasteiger partial charge in [0.05, 0.1) is 17.9 Å². The van der Waals surface area contributed by atoms with E-state index >= 15 is 0 Å². The van der Waals surface area contributed by atoms with Crippen LogP contribution in [0.4, 0.5) is 0 Å². The van der Waals surface area contributed by atoms with Crippen LogP contribution in [0.2, 0.25) is 0 Å². The summed E-state index contributed by atoms with van der Waals surface area (Å²) in [6.07, 6.45) is 5.19. The molecule has 82 valence electrons. The highest BCUT2D eigenvalue weighted by Crippen LogP contribution is 2.19. The second-order valence-corrected chi connectivity index (χ2v) is 3.76. The monoisotopic (exact) mass is 213 g/mol. The number of hydrogen-bond donors (Lipinski definition) is 1. The summed E-state index contributed by atoms with van der Waals surface area (Å²) in [7, 11) is 1.93. The predicted molar refractivity (Wildman–Crippen MR) is 64.1 cm³/mol. The summed E-state index contributed by atoms with van der Waals surface area (Å²) in [6.45, 7) is 2.08. The molecular formula is C13H15N3. The summed E-state index contributed by atoms with van der Waals surface area (Å²) in [5.74, 6) is 0. The van der Waals surface area contributed by atoms with Crippen molar-refractivity contribution in [3.63, 3.8) is 0 Å². The van der Waals surface area contributed by atoms with E-state index in [0.717, 1.165) is 5.69 Å². The molecule has 0 fully saturated rings. The van der Waals surface area contributed by atoms with E-state index in [4.69, 9.17) is 0 Å². The van der Waals surface area contributed by atoms with E-state index in [9.17, 15) is 0 Å². The van der Waals surface area contributed by atoms with Gasteiger partial charge in [0.15, 0.2) is 0 Å². The Morgan fingerprint density at radius 1 is 1.12 bits per heavy atom. The fraction of sp³-hybridized carbons (Fsp3) is 0.231. The molecule has 0 spiro atoms. The largest absolute Gasteiger partial charge is 0.308 e. The van der Waals surface area contributed by atoms with Gasteiger partial charge in [-0.05, 0) is 19.5 Å². The highest BCUT2D eigenvalue weighted by Gasteiger charge is 2.12. The van der Waals surface area contributed by atoms with E-state index in [1.165, 1.54) is 11.1 Å². The molecule has 0 bridgehead atoms. The molecule has 0 saturated heterocycles. The highest BCUT2D eigenvalue weighted by atomic mass is 14.9. The van der Waals surface area contributed by atoms with Crippen LogP contribution in [0.25, 0.3) is 0 Å². The predicted octanol–water partition coefficient (Wildman–Crippen LogP) is 2.09. The van der Waals surface area contributed by atoms with Gasteiger partial charge < -0.3 is 5.32 Å². The number of nitrogens with one attached hydrogen (secondary N) is 1. The number of aromatic nitrogens is 2. The van der Waals surface area contributed by atoms with Gasteiger partial charge in [0, 0.05) is 12.4 Å². The average Bonchev–Trinajstić information content (AvgIpc) is 2.34. The zero-order valence-electron chi connectivity index (χ0n) is 9.51. The SMILES string of the molecule is CNC(c1ccc(C)cc1)c1cnccn1. The molecule has 1 aromatic carbocycles. The van der Waals surface area contributed by atoms with Gasteiger partial charge in [0.2, 0.25) is 0 Å². The van der Waals surface area contributed by atoms with Crippen molar-refractivity contribution < 1.29 is 0 Å². The van der Waals surface area contributed by atoms with Crippen molar-refractivity contribution in [3.8, 4) is 0 Å². The summed E-state index contributed by atoms with van der Waals surface area (Å²) < 4.78 is 0. The van der Waals surface area contributed by atoms with Gasteiger partial charge in [-0.15, -0.1) is 0 Å². The Kier molecular flexibility index (Phi) is 3.27. The van der Waals surface area contributed by atoms with Crippen molar-refractivity contribution in [1.29, 1.82) is 0 Å². The molecule has 2 rings (SSSR count). The number of nitrogens with zero attached hydrogens (tertiary/aromatic N) is 2. The molecule has 0 aliphatic heterocycles. The lowest BCUT2D eigenvalue weighted by Gasteiger charge is -2.15. The molecule has 0 aliphatic carbocycles. The van der Waals surface area contributed by atoms with Crippen LogP contribution in [-0.2, 0) is 0 Å². The van der Waals surface area contributed by atoms with E-state index in [2.05, 4.69) is 46.5 Å². The lowest BCUT2D eigenvalue weighted by atomic mass is 10.0. The quantitative estimate of drug-likeness (QED) is 0.848. The van der Waals surface area contributed by atoms with Crippen molar-refractivity contribution in [3.05, 3.63) is 59.7 Å². The molecule has 1 unspecified atom stereocenters. The maximum atomic E-state index is 4.32. The minimum absolute atomic E-state index is 0.106. The molecule has 3 heteroatoms. The molecule has 0 amide bonds. The van der Waals surface area contributed by atoms with Crippen molar-refractivity contribution in [2.75, 3.05) is 7.05 Å². The Hall–Kier alpha value is -1.74. The highest BCUT2D eigenvalue weighted by molar-refractivity contribution is 5.29. The van der Waals surface area contributed by atoms with Gasteiger partial charge in [0.25, 0.3) is 0 Å². The van der Waals surface area contributed by atoms with Crippen LogP contribution in [-0.4, -0.2) is 17.0 Å². The normalized spacial score (nSPS) is 12.4. The second kappa shape index (κ2) is 4.86. The van der Waals surface area contributed by atoms with Crippen LogP contribution in [0.1, 0.15) is 22.9 Å². The average molecular weight is 213 g/mol. The van der Waals surface area contributed by atoms with Gasteiger partial charge in [-0.2, -0.15) is 0 Å². The van der Waals surface area contributed by atoms with E-state index in [1.54, 1.807) is 18.6 Å². The molecule has 0 aliphatic rings. The summed E-state index contributed by atoms with van der Waals surface area (Å²) in [5.41, 5.74) is 3.40. The Morgan fingerprint density at radius 3 is 2.44 bits per heavy atom. The molecule has 1 heterocycles. The summed E-state index contributed by atoms with van der Waals surface area (Å²) in [6, 6.07) is 8.55. The number of rotatable bonds is 3. The smallest absolute Gasteiger partial charge is 0.0801 e. The van der Waals surface area contributed by atoms with Crippen molar-refractivity contribution in [1.82, 2.24) is 15.3 Å². The molecule has 0 saturated carbocycles. The topological polar surface area (TPSA) is 37.8 Å². The molecule has 1 atom stereocenters. The van der Waals surface area contributed by atoms with Crippen LogP contribution in [0.15, 0.2) is 42.9 Å². The molecule has 16 heavy (non-hydrogen) atoms. The van der Waals surface area contributed by atoms with Crippen molar-refractivity contribution >= 4 is 0 Å². The first-order valence-corrected chi connectivity index (χ1v) is 5.31. The maximum absolute atomic E-state index is 4.32. The number of benzene rings is 1. The first kappa shape index (κ1) is 10.8. The molecule has 1 N–H and O–H groups in total. The number of hydrogen-bond acceptors (Lipinski definition) is 3. The van der Waals surface area contributed by atoms with Crippen LogP contribution in [0, 0.1) is 6.92 Å². The lowest BCUT2D eigenvalue weighted by Crippen LogP contribution is -2.18. The fourth-order valence-corrected chi connectivity index (χ4v) is 1.70. The minimum atomic E-state index is 0.106. The number of aryl methyl sites for hydroxylation is 1. The third-order valence-electron chi connectivity index (χ3n) is 2.58. The van der Waals surface area contributed by atoms with E-state index in [-0.39, 0.29) is 6.04 Å². The Labute approximate surface area is 95.6 Å². The Morgan fingerprint density at radius 2 is 1.88 bits per heavy atom.